The third-order valence-corrected chi connectivity index (χ3v) is 3.31. The fourth-order valence-corrected chi connectivity index (χ4v) is 2.57. The van der Waals surface area contributed by atoms with Gasteiger partial charge in [-0.3, -0.25) is 4.79 Å². The van der Waals surface area contributed by atoms with Crippen molar-refractivity contribution in [2.24, 2.45) is 0 Å². The van der Waals surface area contributed by atoms with E-state index in [1.807, 2.05) is 6.07 Å². The smallest absolute Gasteiger partial charge is 0.151 e. The number of nitriles is 1. The molecule has 4 heteroatoms. The molecule has 0 spiro atoms. The fourth-order valence-electron chi connectivity index (χ4n) is 1.28. The van der Waals surface area contributed by atoms with Gasteiger partial charge < -0.3 is 0 Å². The lowest BCUT2D eigenvalue weighted by molar-refractivity contribution is 0.112. The molecule has 1 aromatic heterocycles. The highest BCUT2D eigenvalue weighted by molar-refractivity contribution is 7.17. The van der Waals surface area contributed by atoms with Crippen LogP contribution in [0.1, 0.15) is 15.9 Å². The number of thiophene rings is 1. The van der Waals surface area contributed by atoms with Crippen LogP contribution in [0.2, 0.25) is 5.02 Å². The summed E-state index contributed by atoms with van der Waals surface area (Å²) in [6.07, 6.45) is 0.756. The first-order valence-corrected chi connectivity index (χ1v) is 5.08. The Morgan fingerprint density at radius 1 is 1.50 bits per heavy atom. The number of halogens is 1. The summed E-state index contributed by atoms with van der Waals surface area (Å²) in [6, 6.07) is 5.45. The van der Waals surface area contributed by atoms with E-state index in [2.05, 4.69) is 0 Å². The van der Waals surface area contributed by atoms with Gasteiger partial charge in [0, 0.05) is 21.0 Å². The first-order valence-electron chi connectivity index (χ1n) is 3.83. The molecule has 0 amide bonds. The standard InChI is InChI=1S/C10H4ClNOS/c11-10-6(3-12)1-2-8-9(10)7(4-13)5-14-8/h1-2,4-5H. The Kier molecular flexibility index (Phi) is 2.24. The zero-order valence-electron chi connectivity index (χ0n) is 6.95. The average Bonchev–Trinajstić information content (AvgIpc) is 2.62. The summed E-state index contributed by atoms with van der Waals surface area (Å²) < 4.78 is 0.927. The van der Waals surface area contributed by atoms with E-state index in [1.165, 1.54) is 11.3 Å². The Morgan fingerprint density at radius 2 is 2.29 bits per heavy atom. The number of carbonyl (C=O) groups is 1. The Labute approximate surface area is 89.3 Å². The lowest BCUT2D eigenvalue weighted by Gasteiger charge is -1.97. The molecule has 0 saturated heterocycles. The first-order chi connectivity index (χ1) is 6.77. The molecule has 0 saturated carbocycles. The molecule has 0 aliphatic carbocycles. The van der Waals surface area contributed by atoms with E-state index in [-0.39, 0.29) is 0 Å². The minimum absolute atomic E-state index is 0.369. The van der Waals surface area contributed by atoms with Gasteiger partial charge in [0.05, 0.1) is 10.6 Å². The predicted octanol–water partition coefficient (Wildman–Crippen LogP) is 3.24. The van der Waals surface area contributed by atoms with Crippen LogP contribution < -0.4 is 0 Å². The van der Waals surface area contributed by atoms with Crippen molar-refractivity contribution in [2.75, 3.05) is 0 Å². The van der Waals surface area contributed by atoms with Gasteiger partial charge in [-0.05, 0) is 12.1 Å². The summed E-state index contributed by atoms with van der Waals surface area (Å²) in [6.45, 7) is 0. The number of rotatable bonds is 1. The quantitative estimate of drug-likeness (QED) is 0.694. The molecule has 0 radical (unpaired) electrons. The number of aldehydes is 1. The lowest BCUT2D eigenvalue weighted by Crippen LogP contribution is -1.81. The molecular weight excluding hydrogens is 218 g/mol. The first kappa shape index (κ1) is 9.20. The molecule has 14 heavy (non-hydrogen) atoms. The van der Waals surface area contributed by atoms with Crippen molar-refractivity contribution in [3.8, 4) is 6.07 Å². The van der Waals surface area contributed by atoms with Gasteiger partial charge in [0.15, 0.2) is 6.29 Å². The molecule has 1 heterocycles. The van der Waals surface area contributed by atoms with Crippen LogP contribution in [0.25, 0.3) is 10.1 Å². The summed E-state index contributed by atoms with van der Waals surface area (Å²) >= 11 is 7.44. The highest BCUT2D eigenvalue weighted by Gasteiger charge is 2.10. The predicted molar refractivity (Wildman–Crippen MR) is 56.9 cm³/mol. The van der Waals surface area contributed by atoms with Crippen molar-refractivity contribution < 1.29 is 4.79 Å². The summed E-state index contributed by atoms with van der Waals surface area (Å²) in [4.78, 5) is 10.7. The minimum Gasteiger partial charge on any atom is -0.298 e. The summed E-state index contributed by atoms with van der Waals surface area (Å²) in [7, 11) is 0. The van der Waals surface area contributed by atoms with Crippen LogP contribution in [0.15, 0.2) is 17.5 Å². The van der Waals surface area contributed by atoms with Crippen LogP contribution in [0.3, 0.4) is 0 Å². The number of hydrogen-bond donors (Lipinski definition) is 0. The number of benzene rings is 1. The highest BCUT2D eigenvalue weighted by atomic mass is 35.5. The zero-order chi connectivity index (χ0) is 10.1. The molecule has 0 aliphatic heterocycles. The average molecular weight is 222 g/mol. The molecule has 2 rings (SSSR count). The third-order valence-electron chi connectivity index (χ3n) is 1.95. The third kappa shape index (κ3) is 1.20. The molecule has 0 aliphatic rings. The van der Waals surface area contributed by atoms with E-state index in [0.29, 0.717) is 21.5 Å². The van der Waals surface area contributed by atoms with Crippen molar-refractivity contribution in [1.82, 2.24) is 0 Å². The van der Waals surface area contributed by atoms with Crippen LogP contribution in [-0.2, 0) is 0 Å². The van der Waals surface area contributed by atoms with Gasteiger partial charge in [0.2, 0.25) is 0 Å². The SMILES string of the molecule is N#Cc1ccc2scc(C=O)c2c1Cl. The van der Waals surface area contributed by atoms with Crippen LogP contribution in [-0.4, -0.2) is 6.29 Å². The maximum atomic E-state index is 10.7. The Bertz CT molecular complexity index is 553. The van der Waals surface area contributed by atoms with E-state index < -0.39 is 0 Å². The molecule has 0 fully saturated rings. The van der Waals surface area contributed by atoms with E-state index in [1.54, 1.807) is 17.5 Å². The van der Waals surface area contributed by atoms with Gasteiger partial charge in [0.1, 0.15) is 6.07 Å². The Morgan fingerprint density at radius 3 is 2.93 bits per heavy atom. The largest absolute Gasteiger partial charge is 0.298 e. The van der Waals surface area contributed by atoms with Crippen molar-refractivity contribution in [3.05, 3.63) is 33.7 Å². The van der Waals surface area contributed by atoms with Gasteiger partial charge in [-0.1, -0.05) is 11.6 Å². The zero-order valence-corrected chi connectivity index (χ0v) is 8.52. The van der Waals surface area contributed by atoms with Gasteiger partial charge in [-0.25, -0.2) is 0 Å². The Hall–Kier alpha value is -1.37. The summed E-state index contributed by atoms with van der Waals surface area (Å²) in [5, 5.41) is 11.6. The van der Waals surface area contributed by atoms with E-state index in [9.17, 15) is 4.79 Å². The summed E-state index contributed by atoms with van der Waals surface area (Å²) in [5.41, 5.74) is 0.952. The van der Waals surface area contributed by atoms with Crippen LogP contribution in [0, 0.1) is 11.3 Å². The molecule has 2 aromatic rings. The lowest BCUT2D eigenvalue weighted by atomic mass is 10.1. The maximum Gasteiger partial charge on any atom is 0.151 e. The molecular formula is C10H4ClNOS. The molecule has 0 N–H and O–H groups in total. The normalized spacial score (nSPS) is 10.0. The molecule has 2 nitrogen and oxygen atoms in total. The Balaban J connectivity index is 2.92. The van der Waals surface area contributed by atoms with Crippen LogP contribution >= 0.6 is 22.9 Å². The fraction of sp³-hybridized carbons (Fsp3) is 0. The van der Waals surface area contributed by atoms with Gasteiger partial charge >= 0.3 is 0 Å². The van der Waals surface area contributed by atoms with Crippen molar-refractivity contribution in [1.29, 1.82) is 5.26 Å². The van der Waals surface area contributed by atoms with Gasteiger partial charge in [0.25, 0.3) is 0 Å². The van der Waals surface area contributed by atoms with Gasteiger partial charge in [-0.2, -0.15) is 5.26 Å². The number of carbonyl (C=O) groups excluding carboxylic acids is 1. The number of hydrogen-bond acceptors (Lipinski definition) is 3. The second-order valence-corrected chi connectivity index (χ2v) is 4.01. The van der Waals surface area contributed by atoms with Crippen molar-refractivity contribution >= 4 is 39.3 Å². The maximum absolute atomic E-state index is 10.7. The molecule has 0 unspecified atom stereocenters. The minimum atomic E-state index is 0.369. The molecule has 68 valence electrons. The van der Waals surface area contributed by atoms with Crippen LogP contribution in [0.4, 0.5) is 0 Å². The van der Waals surface area contributed by atoms with Gasteiger partial charge in [-0.15, -0.1) is 11.3 Å². The van der Waals surface area contributed by atoms with E-state index in [0.717, 1.165) is 11.0 Å². The molecule has 0 bridgehead atoms. The highest BCUT2D eigenvalue weighted by Crippen LogP contribution is 2.33. The van der Waals surface area contributed by atoms with Crippen LogP contribution in [0.5, 0.6) is 0 Å². The monoisotopic (exact) mass is 221 g/mol. The van der Waals surface area contributed by atoms with E-state index in [4.69, 9.17) is 16.9 Å². The molecule has 1 aromatic carbocycles. The second kappa shape index (κ2) is 3.41. The number of fused-ring (bicyclic) bond motifs is 1. The molecule has 0 atom stereocenters. The number of nitrogens with zero attached hydrogens (tertiary/aromatic N) is 1. The van der Waals surface area contributed by atoms with Crippen molar-refractivity contribution in [2.45, 2.75) is 0 Å². The van der Waals surface area contributed by atoms with E-state index >= 15 is 0 Å². The topological polar surface area (TPSA) is 40.9 Å². The second-order valence-electron chi connectivity index (χ2n) is 2.72. The summed E-state index contributed by atoms with van der Waals surface area (Å²) in [5.74, 6) is 0. The van der Waals surface area contributed by atoms with Crippen molar-refractivity contribution in [3.63, 3.8) is 0 Å².